The fourth-order valence-corrected chi connectivity index (χ4v) is 2.38. The van der Waals surface area contributed by atoms with Crippen molar-refractivity contribution in [2.75, 3.05) is 33.3 Å². The van der Waals surface area contributed by atoms with E-state index >= 15 is 0 Å². The monoisotopic (exact) mass is 284 g/mol. The minimum atomic E-state index is -0.441. The summed E-state index contributed by atoms with van der Waals surface area (Å²) in [6.07, 6.45) is 0.239. The summed E-state index contributed by atoms with van der Waals surface area (Å²) in [5.41, 5.74) is 0. The number of rotatable bonds is 6. The molecule has 0 aromatic carbocycles. The second-order valence-electron chi connectivity index (χ2n) is 5.52. The van der Waals surface area contributed by atoms with E-state index in [0.717, 1.165) is 0 Å². The highest BCUT2D eigenvalue weighted by Crippen LogP contribution is 2.21. The number of esters is 1. The molecule has 1 saturated heterocycles. The Hall–Kier alpha value is -1.59. The number of likely N-dealkylation sites (N-methyl/N-ethyl adjacent to an activating group) is 1. The lowest BCUT2D eigenvalue weighted by Gasteiger charge is -2.23. The van der Waals surface area contributed by atoms with Crippen LogP contribution in [-0.4, -0.2) is 60.9 Å². The van der Waals surface area contributed by atoms with Gasteiger partial charge in [-0.05, 0) is 12.8 Å². The molecule has 0 bridgehead atoms. The van der Waals surface area contributed by atoms with E-state index in [1.165, 1.54) is 12.0 Å². The van der Waals surface area contributed by atoms with Gasteiger partial charge in [0, 0.05) is 26.1 Å². The summed E-state index contributed by atoms with van der Waals surface area (Å²) in [4.78, 5) is 38.7. The van der Waals surface area contributed by atoms with E-state index < -0.39 is 5.97 Å². The Morgan fingerprint density at radius 2 is 2.10 bits per heavy atom. The Morgan fingerprint density at radius 1 is 1.45 bits per heavy atom. The fraction of sp³-hybridized carbons (Fsp3) is 0.786. The second kappa shape index (κ2) is 7.26. The zero-order chi connectivity index (χ0) is 15.3. The van der Waals surface area contributed by atoms with E-state index in [2.05, 4.69) is 4.74 Å². The lowest BCUT2D eigenvalue weighted by molar-refractivity contribution is -0.148. The van der Waals surface area contributed by atoms with Gasteiger partial charge in [0.1, 0.15) is 6.54 Å². The minimum absolute atomic E-state index is 0.0196. The van der Waals surface area contributed by atoms with Gasteiger partial charge in [-0.3, -0.25) is 14.4 Å². The van der Waals surface area contributed by atoms with Crippen LogP contribution in [0.1, 0.15) is 27.2 Å². The maximum atomic E-state index is 12.3. The first kappa shape index (κ1) is 16.5. The molecule has 0 aromatic rings. The molecule has 6 nitrogen and oxygen atoms in total. The first-order valence-corrected chi connectivity index (χ1v) is 7.02. The molecule has 1 heterocycles. The highest BCUT2D eigenvalue weighted by molar-refractivity contribution is 5.90. The molecule has 1 unspecified atom stereocenters. The smallest absolute Gasteiger partial charge is 0.325 e. The highest BCUT2D eigenvalue weighted by Gasteiger charge is 2.36. The largest absolute Gasteiger partial charge is 0.468 e. The first-order valence-electron chi connectivity index (χ1n) is 7.02. The normalized spacial score (nSPS) is 18.6. The first-order chi connectivity index (χ1) is 9.38. The molecule has 1 fully saturated rings. The van der Waals surface area contributed by atoms with Crippen LogP contribution in [-0.2, 0) is 19.1 Å². The molecule has 0 radical (unpaired) electrons. The van der Waals surface area contributed by atoms with E-state index in [-0.39, 0.29) is 30.7 Å². The zero-order valence-electron chi connectivity index (χ0n) is 12.7. The number of amides is 2. The van der Waals surface area contributed by atoms with E-state index in [0.29, 0.717) is 25.6 Å². The van der Waals surface area contributed by atoms with Gasteiger partial charge in [0.15, 0.2) is 0 Å². The van der Waals surface area contributed by atoms with Crippen molar-refractivity contribution in [2.24, 2.45) is 11.8 Å². The van der Waals surface area contributed by atoms with Gasteiger partial charge in [0.25, 0.3) is 0 Å². The molecule has 1 aliphatic rings. The molecular formula is C14H24N2O4. The van der Waals surface area contributed by atoms with Crippen molar-refractivity contribution >= 4 is 17.8 Å². The zero-order valence-corrected chi connectivity index (χ0v) is 12.7. The van der Waals surface area contributed by atoms with Gasteiger partial charge >= 0.3 is 5.97 Å². The Bertz CT molecular complexity index is 381. The van der Waals surface area contributed by atoms with Gasteiger partial charge in [-0.1, -0.05) is 13.8 Å². The van der Waals surface area contributed by atoms with Gasteiger partial charge in [-0.25, -0.2) is 0 Å². The van der Waals surface area contributed by atoms with Gasteiger partial charge < -0.3 is 14.5 Å². The molecular weight excluding hydrogens is 260 g/mol. The number of hydrogen-bond donors (Lipinski definition) is 0. The SMILES string of the molecule is CCN(CC(=O)OC)C(=O)C1CC(=O)N(CC(C)C)C1. The quantitative estimate of drug-likeness (QED) is 0.667. The third-order valence-electron chi connectivity index (χ3n) is 3.39. The van der Waals surface area contributed by atoms with Crippen LogP contribution in [0, 0.1) is 11.8 Å². The maximum absolute atomic E-state index is 12.3. The van der Waals surface area contributed by atoms with Crippen LogP contribution in [0.3, 0.4) is 0 Å². The number of ether oxygens (including phenoxy) is 1. The summed E-state index contributed by atoms with van der Waals surface area (Å²) in [7, 11) is 1.30. The molecule has 0 saturated carbocycles. The number of nitrogens with zero attached hydrogens (tertiary/aromatic N) is 2. The van der Waals surface area contributed by atoms with Crippen molar-refractivity contribution in [3.63, 3.8) is 0 Å². The average Bonchev–Trinajstić information content (AvgIpc) is 2.75. The predicted octanol–water partition coefficient (Wildman–Crippen LogP) is 0.512. The Kier molecular flexibility index (Phi) is 5.98. The van der Waals surface area contributed by atoms with Crippen molar-refractivity contribution in [1.82, 2.24) is 9.80 Å². The van der Waals surface area contributed by atoms with E-state index in [1.807, 2.05) is 20.8 Å². The van der Waals surface area contributed by atoms with E-state index in [4.69, 9.17) is 0 Å². The van der Waals surface area contributed by atoms with Crippen molar-refractivity contribution < 1.29 is 19.1 Å². The van der Waals surface area contributed by atoms with Crippen LogP contribution in [0.15, 0.2) is 0 Å². The van der Waals surface area contributed by atoms with Crippen LogP contribution in [0.4, 0.5) is 0 Å². The van der Waals surface area contributed by atoms with Crippen molar-refractivity contribution in [3.8, 4) is 0 Å². The maximum Gasteiger partial charge on any atom is 0.325 e. The van der Waals surface area contributed by atoms with Gasteiger partial charge in [-0.15, -0.1) is 0 Å². The summed E-state index contributed by atoms with van der Waals surface area (Å²) >= 11 is 0. The average molecular weight is 284 g/mol. The summed E-state index contributed by atoms with van der Waals surface area (Å²) < 4.78 is 4.58. The fourth-order valence-electron chi connectivity index (χ4n) is 2.38. The summed E-state index contributed by atoms with van der Waals surface area (Å²) in [5.74, 6) is -0.525. The number of carbonyl (C=O) groups excluding carboxylic acids is 3. The minimum Gasteiger partial charge on any atom is -0.468 e. The Morgan fingerprint density at radius 3 is 2.60 bits per heavy atom. The number of hydrogen-bond acceptors (Lipinski definition) is 4. The molecule has 1 atom stereocenters. The lowest BCUT2D eigenvalue weighted by atomic mass is 10.1. The summed E-state index contributed by atoms with van der Waals surface area (Å²) in [6, 6.07) is 0. The number of methoxy groups -OCH3 is 1. The molecule has 20 heavy (non-hydrogen) atoms. The van der Waals surface area contributed by atoms with E-state index in [9.17, 15) is 14.4 Å². The lowest BCUT2D eigenvalue weighted by Crippen LogP contribution is -2.41. The van der Waals surface area contributed by atoms with Crippen molar-refractivity contribution in [2.45, 2.75) is 27.2 Å². The molecule has 0 aromatic heterocycles. The highest BCUT2D eigenvalue weighted by atomic mass is 16.5. The van der Waals surface area contributed by atoms with Crippen LogP contribution >= 0.6 is 0 Å². The predicted molar refractivity (Wildman–Crippen MR) is 73.8 cm³/mol. The molecule has 0 aliphatic carbocycles. The van der Waals surface area contributed by atoms with Crippen LogP contribution in [0.5, 0.6) is 0 Å². The van der Waals surface area contributed by atoms with Crippen molar-refractivity contribution in [1.29, 1.82) is 0 Å². The third kappa shape index (κ3) is 4.21. The van der Waals surface area contributed by atoms with Crippen LogP contribution in [0.25, 0.3) is 0 Å². The van der Waals surface area contributed by atoms with Crippen LogP contribution in [0.2, 0.25) is 0 Å². The molecule has 0 N–H and O–H groups in total. The summed E-state index contributed by atoms with van der Waals surface area (Å²) in [6.45, 7) is 7.39. The Labute approximate surface area is 120 Å². The molecule has 114 valence electrons. The van der Waals surface area contributed by atoms with Gasteiger partial charge in [0.2, 0.25) is 11.8 Å². The molecule has 1 rings (SSSR count). The standard InChI is InChI=1S/C14H24N2O4/c1-5-15(9-13(18)20-4)14(19)11-6-12(17)16(8-11)7-10(2)3/h10-11H,5-9H2,1-4H3. The molecule has 2 amide bonds. The van der Waals surface area contributed by atoms with Gasteiger partial charge in [-0.2, -0.15) is 0 Å². The molecule has 0 spiro atoms. The molecule has 1 aliphatic heterocycles. The number of carbonyl (C=O) groups is 3. The van der Waals surface area contributed by atoms with Crippen LogP contribution < -0.4 is 0 Å². The third-order valence-corrected chi connectivity index (χ3v) is 3.39. The Balaban J connectivity index is 2.63. The molecule has 6 heteroatoms. The van der Waals surface area contributed by atoms with E-state index in [1.54, 1.807) is 4.90 Å². The number of likely N-dealkylation sites (tertiary alicyclic amines) is 1. The summed E-state index contributed by atoms with van der Waals surface area (Å²) in [5, 5.41) is 0. The van der Waals surface area contributed by atoms with Crippen molar-refractivity contribution in [3.05, 3.63) is 0 Å². The van der Waals surface area contributed by atoms with Gasteiger partial charge in [0.05, 0.1) is 13.0 Å². The topological polar surface area (TPSA) is 66.9 Å². The second-order valence-corrected chi connectivity index (χ2v) is 5.52.